The van der Waals surface area contributed by atoms with Crippen molar-refractivity contribution in [2.45, 2.75) is 31.2 Å². The highest BCUT2D eigenvalue weighted by Crippen LogP contribution is 2.37. The molecule has 112 valence electrons. The molecule has 2 aromatic rings. The molecule has 0 unspecified atom stereocenters. The van der Waals surface area contributed by atoms with Gasteiger partial charge in [0.25, 0.3) is 0 Å². The SMILES string of the molecule is COc1ccc(C2CC(NCCc3ccnn3C)C2)cc1. The molecule has 0 aliphatic heterocycles. The number of benzene rings is 1. The van der Waals surface area contributed by atoms with Crippen molar-refractivity contribution in [1.82, 2.24) is 15.1 Å². The summed E-state index contributed by atoms with van der Waals surface area (Å²) < 4.78 is 7.15. The van der Waals surface area contributed by atoms with Crippen molar-refractivity contribution in [1.29, 1.82) is 0 Å². The Morgan fingerprint density at radius 2 is 2.00 bits per heavy atom. The van der Waals surface area contributed by atoms with Gasteiger partial charge >= 0.3 is 0 Å². The number of hydrogen-bond donors (Lipinski definition) is 1. The van der Waals surface area contributed by atoms with Crippen LogP contribution in [0.3, 0.4) is 0 Å². The lowest BCUT2D eigenvalue weighted by atomic mass is 9.76. The average Bonchev–Trinajstić information content (AvgIpc) is 2.87. The summed E-state index contributed by atoms with van der Waals surface area (Å²) in [5.41, 5.74) is 2.72. The summed E-state index contributed by atoms with van der Waals surface area (Å²) in [6.45, 7) is 1.03. The molecule has 21 heavy (non-hydrogen) atoms. The van der Waals surface area contributed by atoms with Crippen molar-refractivity contribution in [2.24, 2.45) is 7.05 Å². The molecule has 4 heteroatoms. The highest BCUT2D eigenvalue weighted by atomic mass is 16.5. The molecule has 0 saturated heterocycles. The van der Waals surface area contributed by atoms with Crippen LogP contribution < -0.4 is 10.1 Å². The molecule has 1 aliphatic rings. The molecular formula is C17H23N3O. The zero-order chi connectivity index (χ0) is 14.7. The molecule has 1 aliphatic carbocycles. The van der Waals surface area contributed by atoms with Gasteiger partial charge in [0.15, 0.2) is 0 Å². The lowest BCUT2D eigenvalue weighted by molar-refractivity contribution is 0.292. The maximum atomic E-state index is 5.20. The third-order valence-electron chi connectivity index (χ3n) is 4.46. The van der Waals surface area contributed by atoms with E-state index in [0.29, 0.717) is 12.0 Å². The first-order valence-corrected chi connectivity index (χ1v) is 7.60. The maximum absolute atomic E-state index is 5.20. The Morgan fingerprint density at radius 1 is 1.24 bits per heavy atom. The first-order valence-electron chi connectivity index (χ1n) is 7.60. The standard InChI is InChI=1S/C17H23N3O/c1-20-16(8-10-19-20)7-9-18-15-11-14(12-15)13-3-5-17(21-2)6-4-13/h3-6,8,10,14-15,18H,7,9,11-12H2,1-2H3. The van der Waals surface area contributed by atoms with E-state index in [0.717, 1.165) is 18.7 Å². The molecule has 0 amide bonds. The first-order chi connectivity index (χ1) is 10.3. The van der Waals surface area contributed by atoms with E-state index in [9.17, 15) is 0 Å². The maximum Gasteiger partial charge on any atom is 0.118 e. The van der Waals surface area contributed by atoms with E-state index < -0.39 is 0 Å². The number of methoxy groups -OCH3 is 1. The highest BCUT2D eigenvalue weighted by Gasteiger charge is 2.29. The fraction of sp³-hybridized carbons (Fsp3) is 0.471. The molecule has 1 saturated carbocycles. The van der Waals surface area contributed by atoms with E-state index in [1.165, 1.54) is 24.1 Å². The molecule has 1 N–H and O–H groups in total. The second-order valence-corrected chi connectivity index (χ2v) is 5.79. The van der Waals surface area contributed by atoms with Crippen LogP contribution in [0.4, 0.5) is 0 Å². The predicted octanol–water partition coefficient (Wildman–Crippen LogP) is 2.51. The van der Waals surface area contributed by atoms with Crippen LogP contribution in [0.1, 0.15) is 30.0 Å². The number of rotatable bonds is 6. The van der Waals surface area contributed by atoms with Crippen LogP contribution in [0, 0.1) is 0 Å². The minimum atomic E-state index is 0.658. The van der Waals surface area contributed by atoms with Crippen molar-refractivity contribution < 1.29 is 4.74 Å². The third kappa shape index (κ3) is 3.27. The van der Waals surface area contributed by atoms with Crippen LogP contribution in [0.25, 0.3) is 0 Å². The van der Waals surface area contributed by atoms with Crippen LogP contribution in [0.2, 0.25) is 0 Å². The summed E-state index contributed by atoms with van der Waals surface area (Å²) in [5.74, 6) is 1.63. The van der Waals surface area contributed by atoms with Crippen LogP contribution >= 0.6 is 0 Å². The number of hydrogen-bond acceptors (Lipinski definition) is 3. The fourth-order valence-corrected chi connectivity index (χ4v) is 2.98. The molecule has 0 bridgehead atoms. The van der Waals surface area contributed by atoms with E-state index in [-0.39, 0.29) is 0 Å². The van der Waals surface area contributed by atoms with E-state index in [1.54, 1.807) is 7.11 Å². The van der Waals surface area contributed by atoms with Crippen molar-refractivity contribution in [2.75, 3.05) is 13.7 Å². The molecule has 1 aromatic heterocycles. The van der Waals surface area contributed by atoms with E-state index in [1.807, 2.05) is 17.9 Å². The minimum absolute atomic E-state index is 0.658. The number of ether oxygens (including phenoxy) is 1. The monoisotopic (exact) mass is 285 g/mol. The quantitative estimate of drug-likeness (QED) is 0.886. The van der Waals surface area contributed by atoms with Gasteiger partial charge in [0.2, 0.25) is 0 Å². The molecule has 1 fully saturated rings. The topological polar surface area (TPSA) is 39.1 Å². The Bertz CT molecular complexity index is 570. The summed E-state index contributed by atoms with van der Waals surface area (Å²) in [4.78, 5) is 0. The van der Waals surface area contributed by atoms with Gasteiger partial charge in [0, 0.05) is 37.9 Å². The Labute approximate surface area is 126 Å². The predicted molar refractivity (Wildman–Crippen MR) is 83.7 cm³/mol. The molecule has 0 radical (unpaired) electrons. The van der Waals surface area contributed by atoms with Crippen molar-refractivity contribution in [3.8, 4) is 5.75 Å². The number of nitrogens with one attached hydrogen (secondary N) is 1. The highest BCUT2D eigenvalue weighted by molar-refractivity contribution is 5.30. The molecular weight excluding hydrogens is 262 g/mol. The van der Waals surface area contributed by atoms with Crippen LogP contribution in [0.5, 0.6) is 5.75 Å². The van der Waals surface area contributed by atoms with Gasteiger partial charge in [0.1, 0.15) is 5.75 Å². The Morgan fingerprint density at radius 3 is 2.62 bits per heavy atom. The first kappa shape index (κ1) is 14.1. The van der Waals surface area contributed by atoms with E-state index >= 15 is 0 Å². The van der Waals surface area contributed by atoms with Crippen molar-refractivity contribution in [3.05, 3.63) is 47.8 Å². The molecule has 0 spiro atoms. The van der Waals surface area contributed by atoms with Crippen LogP contribution in [-0.2, 0) is 13.5 Å². The summed E-state index contributed by atoms with van der Waals surface area (Å²) in [7, 11) is 3.71. The van der Waals surface area contributed by atoms with Crippen LogP contribution in [0.15, 0.2) is 36.5 Å². The van der Waals surface area contributed by atoms with Gasteiger partial charge in [-0.1, -0.05) is 12.1 Å². The van der Waals surface area contributed by atoms with Gasteiger partial charge in [-0.05, 0) is 42.5 Å². The normalized spacial score (nSPS) is 21.0. The number of aryl methyl sites for hydroxylation is 1. The van der Waals surface area contributed by atoms with Gasteiger partial charge in [-0.15, -0.1) is 0 Å². The largest absolute Gasteiger partial charge is 0.497 e. The summed E-state index contributed by atoms with van der Waals surface area (Å²) in [6, 6.07) is 11.2. The van der Waals surface area contributed by atoms with Crippen molar-refractivity contribution in [3.63, 3.8) is 0 Å². The lowest BCUT2D eigenvalue weighted by Gasteiger charge is -2.36. The zero-order valence-corrected chi connectivity index (χ0v) is 12.7. The summed E-state index contributed by atoms with van der Waals surface area (Å²) in [6.07, 6.45) is 5.37. The Balaban J connectivity index is 1.40. The average molecular weight is 285 g/mol. The second kappa shape index (κ2) is 6.31. The molecule has 1 heterocycles. The summed E-state index contributed by atoms with van der Waals surface area (Å²) in [5, 5.41) is 7.83. The second-order valence-electron chi connectivity index (χ2n) is 5.79. The fourth-order valence-electron chi connectivity index (χ4n) is 2.98. The van der Waals surface area contributed by atoms with Gasteiger partial charge in [0.05, 0.1) is 7.11 Å². The number of nitrogens with zero attached hydrogens (tertiary/aromatic N) is 2. The molecule has 4 nitrogen and oxygen atoms in total. The van der Waals surface area contributed by atoms with Gasteiger partial charge in [-0.2, -0.15) is 5.10 Å². The van der Waals surface area contributed by atoms with Gasteiger partial charge < -0.3 is 10.1 Å². The lowest BCUT2D eigenvalue weighted by Crippen LogP contribution is -2.41. The Kier molecular flexibility index (Phi) is 4.25. The number of aromatic nitrogens is 2. The Hall–Kier alpha value is -1.81. The smallest absolute Gasteiger partial charge is 0.118 e. The van der Waals surface area contributed by atoms with Crippen LogP contribution in [-0.4, -0.2) is 29.5 Å². The molecule has 0 atom stereocenters. The van der Waals surface area contributed by atoms with Crippen molar-refractivity contribution >= 4 is 0 Å². The minimum Gasteiger partial charge on any atom is -0.497 e. The molecule has 3 rings (SSSR count). The third-order valence-corrected chi connectivity index (χ3v) is 4.46. The van der Waals surface area contributed by atoms with Gasteiger partial charge in [-0.25, -0.2) is 0 Å². The zero-order valence-electron chi connectivity index (χ0n) is 12.7. The van der Waals surface area contributed by atoms with E-state index in [4.69, 9.17) is 4.74 Å². The van der Waals surface area contributed by atoms with Gasteiger partial charge in [-0.3, -0.25) is 4.68 Å². The summed E-state index contributed by atoms with van der Waals surface area (Å²) >= 11 is 0. The van der Waals surface area contributed by atoms with E-state index in [2.05, 4.69) is 40.7 Å². The molecule has 1 aromatic carbocycles.